The van der Waals surface area contributed by atoms with E-state index in [1.807, 2.05) is 6.20 Å². The minimum absolute atomic E-state index is 0.638. The second-order valence-electron chi connectivity index (χ2n) is 5.10. The summed E-state index contributed by atoms with van der Waals surface area (Å²) in [7, 11) is 0. The number of likely N-dealkylation sites (tertiary alicyclic amines) is 1. The number of hydrogen-bond acceptors (Lipinski definition) is 4. The van der Waals surface area contributed by atoms with Gasteiger partial charge in [0.25, 0.3) is 0 Å². The lowest BCUT2D eigenvalue weighted by atomic mass is 10.1. The second kappa shape index (κ2) is 6.90. The lowest BCUT2D eigenvalue weighted by molar-refractivity contribution is 0.168. The Balaban J connectivity index is 1.81. The second-order valence-corrected chi connectivity index (χ2v) is 5.10. The van der Waals surface area contributed by atoms with Crippen molar-refractivity contribution in [3.63, 3.8) is 0 Å². The molecule has 0 spiro atoms. The number of nitrogens with one attached hydrogen (secondary N) is 1. The van der Waals surface area contributed by atoms with Crippen LogP contribution in [0.3, 0.4) is 0 Å². The van der Waals surface area contributed by atoms with Gasteiger partial charge < -0.3 is 9.73 Å². The number of aryl methyl sites for hydroxylation is 1. The van der Waals surface area contributed by atoms with Crippen LogP contribution >= 0.6 is 0 Å². The Bertz CT molecular complexity index is 351. The van der Waals surface area contributed by atoms with Crippen LogP contribution in [0, 0.1) is 0 Å². The molecule has 1 aliphatic rings. The van der Waals surface area contributed by atoms with Crippen molar-refractivity contribution in [2.24, 2.45) is 0 Å². The molecule has 4 nitrogen and oxygen atoms in total. The van der Waals surface area contributed by atoms with Gasteiger partial charge in [-0.15, -0.1) is 0 Å². The lowest BCUT2D eigenvalue weighted by Gasteiger charge is -2.32. The van der Waals surface area contributed by atoms with E-state index >= 15 is 0 Å². The summed E-state index contributed by atoms with van der Waals surface area (Å²) in [6.07, 6.45) is 6.54. The molecule has 0 saturated carbocycles. The fourth-order valence-corrected chi connectivity index (χ4v) is 2.49. The van der Waals surface area contributed by atoms with Crippen LogP contribution in [0.25, 0.3) is 0 Å². The van der Waals surface area contributed by atoms with Crippen LogP contribution in [-0.4, -0.2) is 35.6 Å². The zero-order chi connectivity index (χ0) is 12.8. The van der Waals surface area contributed by atoms with Gasteiger partial charge in [-0.1, -0.05) is 13.8 Å². The van der Waals surface area contributed by atoms with E-state index in [9.17, 15) is 0 Å². The third-order valence-electron chi connectivity index (χ3n) is 3.50. The molecule has 0 bridgehead atoms. The summed E-state index contributed by atoms with van der Waals surface area (Å²) in [5.74, 6) is 1.85. The molecule has 1 aromatic heterocycles. The van der Waals surface area contributed by atoms with Gasteiger partial charge in [-0.05, 0) is 32.4 Å². The van der Waals surface area contributed by atoms with E-state index in [-0.39, 0.29) is 0 Å². The van der Waals surface area contributed by atoms with Crippen molar-refractivity contribution in [2.45, 2.75) is 52.1 Å². The molecule has 1 aliphatic heterocycles. The van der Waals surface area contributed by atoms with Crippen molar-refractivity contribution >= 4 is 0 Å². The Morgan fingerprint density at radius 3 is 3.11 bits per heavy atom. The van der Waals surface area contributed by atoms with Gasteiger partial charge >= 0.3 is 0 Å². The third kappa shape index (κ3) is 3.82. The molecule has 2 rings (SSSR count). The Kier molecular flexibility index (Phi) is 5.20. The quantitative estimate of drug-likeness (QED) is 0.841. The van der Waals surface area contributed by atoms with Gasteiger partial charge in [-0.25, -0.2) is 4.98 Å². The monoisotopic (exact) mass is 251 g/mol. The van der Waals surface area contributed by atoms with Crippen molar-refractivity contribution in [3.8, 4) is 0 Å². The molecule has 102 valence electrons. The molecule has 1 unspecified atom stereocenters. The highest BCUT2D eigenvalue weighted by atomic mass is 16.4. The van der Waals surface area contributed by atoms with Crippen LogP contribution in [0.15, 0.2) is 10.6 Å². The summed E-state index contributed by atoms with van der Waals surface area (Å²) in [5.41, 5.74) is 0. The van der Waals surface area contributed by atoms with Gasteiger partial charge in [0.1, 0.15) is 5.76 Å². The normalized spacial score (nSPS) is 21.3. The molecule has 0 aliphatic carbocycles. The van der Waals surface area contributed by atoms with Crippen molar-refractivity contribution in [3.05, 3.63) is 17.8 Å². The van der Waals surface area contributed by atoms with Crippen molar-refractivity contribution in [1.82, 2.24) is 15.2 Å². The number of aromatic nitrogens is 1. The van der Waals surface area contributed by atoms with Crippen LogP contribution in [0.2, 0.25) is 0 Å². The molecule has 18 heavy (non-hydrogen) atoms. The van der Waals surface area contributed by atoms with E-state index in [2.05, 4.69) is 29.0 Å². The number of oxazole rings is 1. The maximum absolute atomic E-state index is 5.68. The van der Waals surface area contributed by atoms with E-state index in [1.165, 1.54) is 19.3 Å². The molecule has 0 radical (unpaired) electrons. The van der Waals surface area contributed by atoms with E-state index < -0.39 is 0 Å². The average molecular weight is 251 g/mol. The lowest BCUT2D eigenvalue weighted by Crippen LogP contribution is -2.45. The molecular weight excluding hydrogens is 226 g/mol. The van der Waals surface area contributed by atoms with Crippen LogP contribution < -0.4 is 5.32 Å². The maximum atomic E-state index is 5.68. The van der Waals surface area contributed by atoms with E-state index in [4.69, 9.17) is 4.42 Å². The van der Waals surface area contributed by atoms with Gasteiger partial charge in [-0.3, -0.25) is 4.90 Å². The fraction of sp³-hybridized carbons (Fsp3) is 0.786. The summed E-state index contributed by atoms with van der Waals surface area (Å²) in [4.78, 5) is 6.79. The number of rotatable bonds is 6. The minimum Gasteiger partial charge on any atom is -0.444 e. The van der Waals surface area contributed by atoms with Crippen LogP contribution in [0.4, 0.5) is 0 Å². The van der Waals surface area contributed by atoms with Gasteiger partial charge in [0.15, 0.2) is 0 Å². The predicted octanol–water partition coefficient (Wildman–Crippen LogP) is 2.20. The van der Waals surface area contributed by atoms with Gasteiger partial charge in [0.2, 0.25) is 5.89 Å². The maximum Gasteiger partial charge on any atom is 0.208 e. The summed E-state index contributed by atoms with van der Waals surface area (Å²) < 4.78 is 5.68. The molecule has 1 atom stereocenters. The Morgan fingerprint density at radius 2 is 2.39 bits per heavy atom. The summed E-state index contributed by atoms with van der Waals surface area (Å²) in [6, 6.07) is 0.638. The topological polar surface area (TPSA) is 41.3 Å². The first-order valence-corrected chi connectivity index (χ1v) is 7.21. The highest BCUT2D eigenvalue weighted by Crippen LogP contribution is 2.14. The van der Waals surface area contributed by atoms with Crippen LogP contribution in [-0.2, 0) is 13.0 Å². The zero-order valence-electron chi connectivity index (χ0n) is 11.6. The summed E-state index contributed by atoms with van der Waals surface area (Å²) in [6.45, 7) is 8.56. The largest absolute Gasteiger partial charge is 0.444 e. The van der Waals surface area contributed by atoms with E-state index in [0.29, 0.717) is 6.04 Å². The first-order chi connectivity index (χ1) is 8.81. The Morgan fingerprint density at radius 1 is 1.50 bits per heavy atom. The Hall–Kier alpha value is -0.870. The number of hydrogen-bond donors (Lipinski definition) is 1. The molecule has 0 amide bonds. The smallest absolute Gasteiger partial charge is 0.208 e. The SMILES string of the molecule is CCCNC1CCCN(Cc2ncc(CC)o2)C1. The van der Waals surface area contributed by atoms with Gasteiger partial charge in [-0.2, -0.15) is 0 Å². The molecular formula is C14H25N3O. The summed E-state index contributed by atoms with van der Waals surface area (Å²) >= 11 is 0. The molecule has 4 heteroatoms. The average Bonchev–Trinajstić information content (AvgIpc) is 2.84. The summed E-state index contributed by atoms with van der Waals surface area (Å²) in [5, 5.41) is 3.61. The third-order valence-corrected chi connectivity index (χ3v) is 3.50. The van der Waals surface area contributed by atoms with Crippen molar-refractivity contribution in [1.29, 1.82) is 0 Å². The van der Waals surface area contributed by atoms with E-state index in [1.54, 1.807) is 0 Å². The fourth-order valence-electron chi connectivity index (χ4n) is 2.49. The molecule has 1 N–H and O–H groups in total. The first kappa shape index (κ1) is 13.6. The van der Waals surface area contributed by atoms with Crippen LogP contribution in [0.1, 0.15) is 44.8 Å². The standard InChI is InChI=1S/C14H25N3O/c1-3-7-15-12-6-5-8-17(10-12)11-14-16-9-13(4-2)18-14/h9,12,15H,3-8,10-11H2,1-2H3. The zero-order valence-corrected chi connectivity index (χ0v) is 11.6. The molecule has 1 saturated heterocycles. The first-order valence-electron chi connectivity index (χ1n) is 7.21. The molecule has 0 aromatic carbocycles. The number of nitrogens with zero attached hydrogens (tertiary/aromatic N) is 2. The van der Waals surface area contributed by atoms with E-state index in [0.717, 1.165) is 44.3 Å². The predicted molar refractivity (Wildman–Crippen MR) is 72.5 cm³/mol. The number of piperidine rings is 1. The molecule has 1 aromatic rings. The molecule has 2 heterocycles. The van der Waals surface area contributed by atoms with Crippen molar-refractivity contribution in [2.75, 3.05) is 19.6 Å². The van der Waals surface area contributed by atoms with Gasteiger partial charge in [0.05, 0.1) is 12.7 Å². The highest BCUT2D eigenvalue weighted by Gasteiger charge is 2.20. The Labute approximate surface area is 110 Å². The van der Waals surface area contributed by atoms with Crippen molar-refractivity contribution < 1.29 is 4.42 Å². The van der Waals surface area contributed by atoms with Gasteiger partial charge in [0, 0.05) is 19.0 Å². The van der Waals surface area contributed by atoms with Crippen LogP contribution in [0.5, 0.6) is 0 Å². The minimum atomic E-state index is 0.638. The highest BCUT2D eigenvalue weighted by molar-refractivity contribution is 4.94. The molecule has 1 fully saturated rings.